The molecule has 1 unspecified atom stereocenters. The molecule has 3 aromatic rings. The van der Waals surface area contributed by atoms with E-state index >= 15 is 0 Å². The lowest BCUT2D eigenvalue weighted by molar-refractivity contribution is 0.0665. The van der Waals surface area contributed by atoms with Crippen molar-refractivity contribution in [1.82, 2.24) is 19.9 Å². The first kappa shape index (κ1) is 29.9. The first-order valence-electron chi connectivity index (χ1n) is 14.5. The van der Waals surface area contributed by atoms with Crippen LogP contribution >= 0.6 is 0 Å². The zero-order chi connectivity index (χ0) is 30.1. The summed E-state index contributed by atoms with van der Waals surface area (Å²) in [6, 6.07) is 8.23. The van der Waals surface area contributed by atoms with Gasteiger partial charge in [-0.15, -0.1) is 0 Å². The highest BCUT2D eigenvalue weighted by Crippen LogP contribution is 2.44. The largest absolute Gasteiger partial charge is 0.473 e. The minimum absolute atomic E-state index is 0.0642. The Bertz CT molecular complexity index is 1490. The van der Waals surface area contributed by atoms with Gasteiger partial charge in [0.1, 0.15) is 24.2 Å². The van der Waals surface area contributed by atoms with Gasteiger partial charge in [-0.1, -0.05) is 27.7 Å². The Hall–Kier alpha value is -3.59. The van der Waals surface area contributed by atoms with Crippen LogP contribution < -0.4 is 15.4 Å². The summed E-state index contributed by atoms with van der Waals surface area (Å²) in [6.07, 6.45) is 5.45. The molecule has 1 aromatic carbocycles. The summed E-state index contributed by atoms with van der Waals surface area (Å²) in [4.78, 5) is 18.0. The van der Waals surface area contributed by atoms with E-state index in [1.54, 1.807) is 12.4 Å². The molecule has 0 aliphatic carbocycles. The van der Waals surface area contributed by atoms with Crippen molar-refractivity contribution in [2.75, 3.05) is 37.0 Å². The first-order chi connectivity index (χ1) is 19.9. The zero-order valence-electron chi connectivity index (χ0n) is 25.7. The van der Waals surface area contributed by atoms with Crippen LogP contribution in [0.4, 0.5) is 17.3 Å². The molecule has 0 spiro atoms. The molecule has 0 saturated carbocycles. The smallest absolute Gasteiger partial charge is 0.241 e. The van der Waals surface area contributed by atoms with Crippen LogP contribution in [0.25, 0.3) is 11.3 Å². The van der Waals surface area contributed by atoms with Crippen molar-refractivity contribution in [3.05, 3.63) is 47.5 Å². The number of nitrogens with one attached hydrogen (secondary N) is 2. The van der Waals surface area contributed by atoms with Crippen LogP contribution in [0.3, 0.4) is 0 Å². The highest BCUT2D eigenvalue weighted by Gasteiger charge is 2.42. The van der Waals surface area contributed by atoms with Crippen molar-refractivity contribution in [3.8, 4) is 23.2 Å². The van der Waals surface area contributed by atoms with E-state index in [0.717, 1.165) is 36.3 Å². The van der Waals surface area contributed by atoms with E-state index in [1.807, 2.05) is 19.1 Å². The number of hydrogen-bond acceptors (Lipinski definition) is 10. The van der Waals surface area contributed by atoms with E-state index < -0.39 is 8.32 Å². The van der Waals surface area contributed by atoms with Gasteiger partial charge in [0, 0.05) is 36.9 Å². The quantitative estimate of drug-likeness (QED) is 0.283. The Morgan fingerprint density at radius 3 is 2.76 bits per heavy atom. The molecule has 2 atom stereocenters. The molecule has 10 nitrogen and oxygen atoms in total. The number of anilines is 3. The number of aryl methyl sites for hydroxylation is 1. The van der Waals surface area contributed by atoms with Crippen molar-refractivity contribution in [3.63, 3.8) is 0 Å². The van der Waals surface area contributed by atoms with Gasteiger partial charge >= 0.3 is 0 Å². The van der Waals surface area contributed by atoms with Gasteiger partial charge in [-0.05, 0) is 61.7 Å². The highest BCUT2D eigenvalue weighted by atomic mass is 28.4. The van der Waals surface area contributed by atoms with Gasteiger partial charge in [0.2, 0.25) is 11.8 Å². The third-order valence-corrected chi connectivity index (χ3v) is 13.1. The Labute approximate surface area is 249 Å². The molecule has 2 N–H and O–H groups in total. The fraction of sp³-hybridized carbons (Fsp3) is 0.516. The molecule has 0 bridgehead atoms. The lowest BCUT2D eigenvalue weighted by Gasteiger charge is -2.39. The molecular weight excluding hydrogens is 546 g/mol. The molecule has 2 aliphatic rings. The van der Waals surface area contributed by atoms with Crippen LogP contribution in [-0.4, -0.2) is 60.7 Å². The zero-order valence-corrected chi connectivity index (χ0v) is 26.7. The Kier molecular flexibility index (Phi) is 8.25. The topological polar surface area (TPSA) is 127 Å². The summed E-state index contributed by atoms with van der Waals surface area (Å²) in [6.45, 7) is 17.8. The standard InChI is InChI=1S/C31H41N7O3Si/c1-20-34-16-26(28(36-20)40-17-23-9-8-12-39-23)38-29-33-11-10-25(37-29)21-13-22(15-32)27-24(14-21)31(5,18-35-27)19-41-42(6,7)30(2,3)4/h10-11,13-14,16,23,35H,8-9,12,17-19H2,1-7H3,(H,33,37,38)/t23?,31-/m1/s1. The number of nitrogens with zero attached hydrogens (tertiary/aromatic N) is 5. The number of hydrogen-bond donors (Lipinski definition) is 2. The van der Waals surface area contributed by atoms with E-state index in [9.17, 15) is 5.26 Å². The van der Waals surface area contributed by atoms with Gasteiger partial charge in [0.15, 0.2) is 8.32 Å². The predicted molar refractivity (Wildman–Crippen MR) is 166 cm³/mol. The van der Waals surface area contributed by atoms with Gasteiger partial charge in [0.05, 0.1) is 29.2 Å². The number of fused-ring (bicyclic) bond motifs is 1. The summed E-state index contributed by atoms with van der Waals surface area (Å²) < 4.78 is 18.4. The third-order valence-electron chi connectivity index (χ3n) is 8.62. The Morgan fingerprint density at radius 2 is 2.05 bits per heavy atom. The lowest BCUT2D eigenvalue weighted by atomic mass is 9.83. The SMILES string of the molecule is Cc1ncc(Nc2nccc(-c3cc(C#N)c4c(c3)[C@@](C)(CO[Si](C)(C)C(C)(C)C)CN4)n2)c(OCC2CCCO2)n1. The molecule has 1 saturated heterocycles. The van der Waals surface area contributed by atoms with E-state index in [-0.39, 0.29) is 16.6 Å². The summed E-state index contributed by atoms with van der Waals surface area (Å²) >= 11 is 0. The number of rotatable bonds is 9. The van der Waals surface area contributed by atoms with Crippen molar-refractivity contribution >= 4 is 25.6 Å². The lowest BCUT2D eigenvalue weighted by Crippen LogP contribution is -2.45. The van der Waals surface area contributed by atoms with E-state index in [1.165, 1.54) is 0 Å². The summed E-state index contributed by atoms with van der Waals surface area (Å²) in [5.74, 6) is 1.41. The molecule has 0 radical (unpaired) electrons. The minimum atomic E-state index is -1.96. The molecular formula is C31H41N7O3Si. The maximum Gasteiger partial charge on any atom is 0.241 e. The van der Waals surface area contributed by atoms with Crippen LogP contribution in [0.1, 0.15) is 57.5 Å². The summed E-state index contributed by atoms with van der Waals surface area (Å²) in [5.41, 5.74) is 4.36. The van der Waals surface area contributed by atoms with E-state index in [0.29, 0.717) is 54.4 Å². The fourth-order valence-electron chi connectivity index (χ4n) is 4.90. The number of ether oxygens (including phenoxy) is 2. The number of nitriles is 1. The van der Waals surface area contributed by atoms with Crippen molar-refractivity contribution in [2.24, 2.45) is 0 Å². The van der Waals surface area contributed by atoms with Crippen LogP contribution in [-0.2, 0) is 14.6 Å². The van der Waals surface area contributed by atoms with Gasteiger partial charge in [0.25, 0.3) is 0 Å². The predicted octanol–water partition coefficient (Wildman–Crippen LogP) is 6.12. The molecule has 5 rings (SSSR count). The van der Waals surface area contributed by atoms with Crippen molar-refractivity contribution < 1.29 is 13.9 Å². The number of aromatic nitrogens is 4. The van der Waals surface area contributed by atoms with Gasteiger partial charge in [-0.3, -0.25) is 0 Å². The highest BCUT2D eigenvalue weighted by molar-refractivity contribution is 6.74. The minimum Gasteiger partial charge on any atom is -0.473 e. The first-order valence-corrected chi connectivity index (χ1v) is 17.4. The van der Waals surface area contributed by atoms with Crippen LogP contribution in [0.2, 0.25) is 18.1 Å². The van der Waals surface area contributed by atoms with Crippen LogP contribution in [0.15, 0.2) is 30.6 Å². The van der Waals surface area contributed by atoms with E-state index in [2.05, 4.69) is 78.5 Å². The van der Waals surface area contributed by atoms with Crippen LogP contribution in [0, 0.1) is 18.3 Å². The summed E-state index contributed by atoms with van der Waals surface area (Å²) in [7, 11) is -1.96. The molecule has 2 aromatic heterocycles. The average Bonchev–Trinajstić information content (AvgIpc) is 3.59. The van der Waals surface area contributed by atoms with Gasteiger partial charge < -0.3 is 24.5 Å². The Morgan fingerprint density at radius 1 is 1.24 bits per heavy atom. The second-order valence-electron chi connectivity index (χ2n) is 13.0. The molecule has 2 aliphatic heterocycles. The average molecular weight is 588 g/mol. The van der Waals surface area contributed by atoms with Gasteiger partial charge in [-0.25, -0.2) is 15.0 Å². The molecule has 0 amide bonds. The molecule has 11 heteroatoms. The maximum absolute atomic E-state index is 10.0. The monoisotopic (exact) mass is 587 g/mol. The fourth-order valence-corrected chi connectivity index (χ4v) is 6.01. The third kappa shape index (κ3) is 6.26. The molecule has 222 valence electrons. The van der Waals surface area contributed by atoms with Gasteiger partial charge in [-0.2, -0.15) is 10.2 Å². The van der Waals surface area contributed by atoms with Crippen molar-refractivity contribution in [1.29, 1.82) is 5.26 Å². The maximum atomic E-state index is 10.0. The molecule has 42 heavy (non-hydrogen) atoms. The molecule has 1 fully saturated rings. The van der Waals surface area contributed by atoms with Crippen LogP contribution in [0.5, 0.6) is 5.88 Å². The summed E-state index contributed by atoms with van der Waals surface area (Å²) in [5, 5.41) is 16.9. The second kappa shape index (κ2) is 11.6. The van der Waals surface area contributed by atoms with Crippen molar-refractivity contribution in [2.45, 2.75) is 77.1 Å². The number of benzene rings is 1. The Balaban J connectivity index is 1.41. The molecule has 4 heterocycles. The second-order valence-corrected chi connectivity index (χ2v) is 17.8. The normalized spacial score (nSPS) is 20.1. The van der Waals surface area contributed by atoms with E-state index in [4.69, 9.17) is 18.9 Å².